The van der Waals surface area contributed by atoms with E-state index in [2.05, 4.69) is 21.9 Å². The number of sulfonamides is 1. The molecule has 0 aromatic heterocycles. The number of benzene rings is 3. The molecule has 1 amide bonds. The number of hydrogen-bond acceptors (Lipinski definition) is 4. The molecule has 6 nitrogen and oxygen atoms in total. The zero-order valence-corrected chi connectivity index (χ0v) is 22.1. The summed E-state index contributed by atoms with van der Waals surface area (Å²) in [6.45, 7) is 5.23. The van der Waals surface area contributed by atoms with Crippen LogP contribution in [0.4, 0.5) is 24.5 Å². The molecule has 1 fully saturated rings. The van der Waals surface area contributed by atoms with Crippen LogP contribution in [0.25, 0.3) is 0 Å². The van der Waals surface area contributed by atoms with Crippen LogP contribution in [0.2, 0.25) is 5.02 Å². The van der Waals surface area contributed by atoms with Crippen molar-refractivity contribution in [2.45, 2.75) is 37.4 Å². The zero-order valence-electron chi connectivity index (χ0n) is 20.6. The van der Waals surface area contributed by atoms with Crippen LogP contribution in [-0.2, 0) is 22.7 Å². The monoisotopic (exact) mass is 565 g/mol. The lowest BCUT2D eigenvalue weighted by atomic mass is 9.99. The highest BCUT2D eigenvalue weighted by molar-refractivity contribution is 7.92. The number of halogens is 4. The van der Waals surface area contributed by atoms with Crippen molar-refractivity contribution in [3.05, 3.63) is 88.4 Å². The van der Waals surface area contributed by atoms with Crippen molar-refractivity contribution >= 4 is 38.9 Å². The van der Waals surface area contributed by atoms with Gasteiger partial charge in [-0.2, -0.15) is 13.2 Å². The van der Waals surface area contributed by atoms with Gasteiger partial charge in [0.1, 0.15) is 0 Å². The highest BCUT2D eigenvalue weighted by Gasteiger charge is 2.33. The van der Waals surface area contributed by atoms with Crippen LogP contribution in [0, 0.1) is 5.92 Å². The maximum Gasteiger partial charge on any atom is 0.417 e. The van der Waals surface area contributed by atoms with Gasteiger partial charge in [0.05, 0.1) is 15.5 Å². The molecule has 0 unspecified atom stereocenters. The first-order valence-corrected chi connectivity index (χ1v) is 13.9. The maximum atomic E-state index is 13.1. The third-order valence-electron chi connectivity index (χ3n) is 6.31. The predicted octanol–water partition coefficient (Wildman–Crippen LogP) is 6.64. The van der Waals surface area contributed by atoms with Gasteiger partial charge in [-0.25, -0.2) is 8.42 Å². The van der Waals surface area contributed by atoms with Crippen molar-refractivity contribution in [2.24, 2.45) is 5.92 Å². The highest BCUT2D eigenvalue weighted by Crippen LogP contribution is 2.36. The third kappa shape index (κ3) is 7.06. The molecule has 1 aliphatic heterocycles. The molecular weight excluding hydrogens is 539 g/mol. The largest absolute Gasteiger partial charge is 0.417 e. The van der Waals surface area contributed by atoms with E-state index in [0.29, 0.717) is 23.2 Å². The average molecular weight is 566 g/mol. The molecule has 202 valence electrons. The second-order valence-electron chi connectivity index (χ2n) is 9.46. The van der Waals surface area contributed by atoms with Crippen LogP contribution >= 0.6 is 11.6 Å². The normalized spacial score (nSPS) is 16.7. The SMILES string of the molecule is C[C@H]1CCCN(Cc2ccc(C(=O)Nc3ccc(S(=O)(=O)Nc4ccc(Cl)c(C(F)(F)F)c4)cc3)cc2)C1. The van der Waals surface area contributed by atoms with E-state index in [1.807, 2.05) is 12.1 Å². The summed E-state index contributed by atoms with van der Waals surface area (Å²) in [4.78, 5) is 14.9. The minimum Gasteiger partial charge on any atom is -0.322 e. The van der Waals surface area contributed by atoms with E-state index in [9.17, 15) is 26.4 Å². The number of alkyl halides is 3. The Labute approximate surface area is 224 Å². The van der Waals surface area contributed by atoms with Crippen LogP contribution in [-0.4, -0.2) is 32.3 Å². The number of amides is 1. The van der Waals surface area contributed by atoms with Crippen molar-refractivity contribution in [3.63, 3.8) is 0 Å². The van der Waals surface area contributed by atoms with Crippen molar-refractivity contribution in [1.82, 2.24) is 4.90 Å². The minimum atomic E-state index is -4.73. The second-order valence-corrected chi connectivity index (χ2v) is 11.5. The van der Waals surface area contributed by atoms with Crippen LogP contribution in [0.15, 0.2) is 71.6 Å². The van der Waals surface area contributed by atoms with Gasteiger partial charge in [-0.05, 0) is 85.5 Å². The van der Waals surface area contributed by atoms with Crippen molar-refractivity contribution in [1.29, 1.82) is 0 Å². The number of likely N-dealkylation sites (tertiary alicyclic amines) is 1. The first kappa shape index (κ1) is 27.9. The lowest BCUT2D eigenvalue weighted by Crippen LogP contribution is -2.33. The topological polar surface area (TPSA) is 78.5 Å². The standard InChI is InChI=1S/C27H27ClF3N3O3S/c1-18-3-2-14-34(16-18)17-19-4-6-20(7-5-19)26(35)32-21-8-11-23(12-9-21)38(36,37)33-22-10-13-25(28)24(15-22)27(29,30)31/h4-13,15,18,33H,2-3,14,16-17H2,1H3,(H,32,35)/t18-/m0/s1. The molecule has 1 saturated heterocycles. The maximum absolute atomic E-state index is 13.1. The number of piperidine rings is 1. The van der Waals surface area contributed by atoms with Gasteiger partial charge >= 0.3 is 6.18 Å². The van der Waals surface area contributed by atoms with Crippen molar-refractivity contribution in [3.8, 4) is 0 Å². The van der Waals surface area contributed by atoms with Crippen molar-refractivity contribution < 1.29 is 26.4 Å². The molecule has 1 aliphatic rings. The summed E-state index contributed by atoms with van der Waals surface area (Å²) >= 11 is 5.59. The molecule has 3 aromatic carbocycles. The Bertz CT molecular complexity index is 1400. The van der Waals surface area contributed by atoms with Crippen LogP contribution < -0.4 is 10.0 Å². The number of carbonyl (C=O) groups excluding carboxylic acids is 1. The Hall–Kier alpha value is -3.08. The Morgan fingerprint density at radius 3 is 2.32 bits per heavy atom. The fourth-order valence-electron chi connectivity index (χ4n) is 4.39. The number of anilines is 2. The third-order valence-corrected chi connectivity index (χ3v) is 8.04. The fraction of sp³-hybridized carbons (Fsp3) is 0.296. The van der Waals surface area contributed by atoms with Gasteiger partial charge in [-0.15, -0.1) is 0 Å². The predicted molar refractivity (Wildman–Crippen MR) is 142 cm³/mol. The van der Waals surface area contributed by atoms with Crippen LogP contribution in [0.5, 0.6) is 0 Å². The van der Waals surface area contributed by atoms with Gasteiger partial charge < -0.3 is 5.32 Å². The quantitative estimate of drug-likeness (QED) is 0.336. The molecule has 3 aromatic rings. The van der Waals surface area contributed by atoms with Crippen LogP contribution in [0.1, 0.15) is 41.3 Å². The van der Waals surface area contributed by atoms with Gasteiger partial charge in [0, 0.05) is 30.0 Å². The van der Waals surface area contributed by atoms with E-state index < -0.39 is 26.8 Å². The van der Waals surface area contributed by atoms with E-state index in [4.69, 9.17) is 11.6 Å². The smallest absolute Gasteiger partial charge is 0.322 e. The Morgan fingerprint density at radius 1 is 1.03 bits per heavy atom. The molecule has 0 bridgehead atoms. The van der Waals surface area contributed by atoms with Gasteiger partial charge in [0.25, 0.3) is 15.9 Å². The molecule has 0 aliphatic carbocycles. The lowest BCUT2D eigenvalue weighted by molar-refractivity contribution is -0.137. The van der Waals surface area contributed by atoms with E-state index >= 15 is 0 Å². The molecular formula is C27H27ClF3N3O3S. The van der Waals surface area contributed by atoms with Gasteiger partial charge in [-0.3, -0.25) is 14.4 Å². The average Bonchev–Trinajstić information content (AvgIpc) is 2.85. The molecule has 0 spiro atoms. The van der Waals surface area contributed by atoms with Crippen LogP contribution in [0.3, 0.4) is 0 Å². The molecule has 1 heterocycles. The highest BCUT2D eigenvalue weighted by atomic mass is 35.5. The molecule has 2 N–H and O–H groups in total. The number of rotatable bonds is 7. The molecule has 0 saturated carbocycles. The van der Waals surface area contributed by atoms with Crippen molar-refractivity contribution in [2.75, 3.05) is 23.1 Å². The van der Waals surface area contributed by atoms with Gasteiger partial charge in [-0.1, -0.05) is 30.7 Å². The molecule has 4 rings (SSSR count). The van der Waals surface area contributed by atoms with E-state index in [-0.39, 0.29) is 16.5 Å². The molecule has 0 radical (unpaired) electrons. The number of nitrogens with zero attached hydrogens (tertiary/aromatic N) is 1. The van der Waals surface area contributed by atoms with Gasteiger partial charge in [0.2, 0.25) is 0 Å². The zero-order chi connectivity index (χ0) is 27.5. The Kier molecular flexibility index (Phi) is 8.34. The molecule has 11 heteroatoms. The molecule has 1 atom stereocenters. The Morgan fingerprint density at radius 2 is 1.68 bits per heavy atom. The summed E-state index contributed by atoms with van der Waals surface area (Å²) in [5.41, 5.74) is 0.526. The van der Waals surface area contributed by atoms with E-state index in [0.717, 1.165) is 37.3 Å². The Balaban J connectivity index is 1.38. The summed E-state index contributed by atoms with van der Waals surface area (Å²) < 4.78 is 66.7. The van der Waals surface area contributed by atoms with E-state index in [1.54, 1.807) is 12.1 Å². The fourth-order valence-corrected chi connectivity index (χ4v) is 5.66. The first-order chi connectivity index (χ1) is 17.9. The number of carbonyl (C=O) groups is 1. The summed E-state index contributed by atoms with van der Waals surface area (Å²) in [7, 11) is -4.18. The number of nitrogens with one attached hydrogen (secondary N) is 2. The summed E-state index contributed by atoms with van der Waals surface area (Å²) in [6, 6.07) is 15.4. The summed E-state index contributed by atoms with van der Waals surface area (Å²) in [6.07, 6.45) is -2.28. The van der Waals surface area contributed by atoms with E-state index in [1.165, 1.54) is 37.1 Å². The summed E-state index contributed by atoms with van der Waals surface area (Å²) in [5.74, 6) is 0.336. The first-order valence-electron chi connectivity index (χ1n) is 12.0. The van der Waals surface area contributed by atoms with Gasteiger partial charge in [0.15, 0.2) is 0 Å². The lowest BCUT2D eigenvalue weighted by Gasteiger charge is -2.30. The summed E-state index contributed by atoms with van der Waals surface area (Å²) in [5, 5.41) is 2.18. The second kappa shape index (κ2) is 11.3. The number of hydrogen-bond donors (Lipinski definition) is 2. The molecule has 38 heavy (non-hydrogen) atoms. The minimum absolute atomic E-state index is 0.185.